The van der Waals surface area contributed by atoms with Gasteiger partial charge in [0, 0.05) is 31.2 Å². The molecule has 0 heterocycles. The van der Waals surface area contributed by atoms with Crippen LogP contribution < -0.4 is 0 Å². The van der Waals surface area contributed by atoms with Crippen molar-refractivity contribution in [1.29, 1.82) is 0 Å². The molecule has 0 atom stereocenters. The lowest BCUT2D eigenvalue weighted by molar-refractivity contribution is 1.43. The van der Waals surface area contributed by atoms with Gasteiger partial charge in [-0.1, -0.05) is 60.1 Å². The monoisotopic (exact) mass is 462 g/mol. The third-order valence-electron chi connectivity index (χ3n) is 4.01. The first-order valence-electron chi connectivity index (χ1n) is 8.19. The summed E-state index contributed by atoms with van der Waals surface area (Å²) in [4.78, 5) is 0. The summed E-state index contributed by atoms with van der Waals surface area (Å²) in [5.41, 5.74) is 6.27. The molecular weight excluding hydrogens is 448 g/mol. The summed E-state index contributed by atoms with van der Waals surface area (Å²) in [7, 11) is 0. The maximum absolute atomic E-state index is 3.60. The van der Waals surface area contributed by atoms with E-state index in [4.69, 9.17) is 0 Å². The summed E-state index contributed by atoms with van der Waals surface area (Å²) >= 11 is 7.20. The highest BCUT2D eigenvalue weighted by Gasteiger charge is 2.04. The van der Waals surface area contributed by atoms with Gasteiger partial charge in [-0.2, -0.15) is 0 Å². The maximum atomic E-state index is 3.60. The van der Waals surface area contributed by atoms with Crippen LogP contribution in [0.25, 0.3) is 0 Å². The van der Waals surface area contributed by atoms with E-state index in [1.807, 2.05) is 48.5 Å². The van der Waals surface area contributed by atoms with Crippen LogP contribution in [0.15, 0.2) is 69.6 Å². The Labute approximate surface area is 171 Å². The smallest absolute Gasteiger partial charge is 0.0404 e. The van der Waals surface area contributed by atoms with Gasteiger partial charge in [-0.15, -0.1) is 0 Å². The fraction of sp³-hybridized carbons (Fsp3) is 0.0833. The van der Waals surface area contributed by atoms with Gasteiger partial charge in [0.15, 0.2) is 0 Å². The van der Waals surface area contributed by atoms with Crippen LogP contribution in [0.3, 0.4) is 0 Å². The molecule has 0 nitrogen and oxygen atoms in total. The van der Waals surface area contributed by atoms with Gasteiger partial charge < -0.3 is 0 Å². The molecule has 0 bridgehead atoms. The Kier molecular flexibility index (Phi) is 6.00. The van der Waals surface area contributed by atoms with Crippen molar-refractivity contribution in [3.8, 4) is 23.7 Å². The fourth-order valence-electron chi connectivity index (χ4n) is 2.44. The van der Waals surface area contributed by atoms with Crippen LogP contribution in [0.4, 0.5) is 0 Å². The van der Waals surface area contributed by atoms with E-state index in [0.29, 0.717) is 0 Å². The van der Waals surface area contributed by atoms with Crippen LogP contribution >= 0.6 is 31.9 Å². The van der Waals surface area contributed by atoms with Gasteiger partial charge in [-0.3, -0.25) is 0 Å². The zero-order valence-corrected chi connectivity index (χ0v) is 17.7. The molecule has 126 valence electrons. The first-order valence-corrected chi connectivity index (χ1v) is 9.77. The first-order chi connectivity index (χ1) is 12.5. The van der Waals surface area contributed by atoms with Crippen molar-refractivity contribution in [2.45, 2.75) is 13.8 Å². The van der Waals surface area contributed by atoms with Gasteiger partial charge in [-0.05, 0) is 81.1 Å². The largest absolute Gasteiger partial charge is 0.0619 e. The number of hydrogen-bond donors (Lipinski definition) is 0. The molecule has 0 aromatic heterocycles. The van der Waals surface area contributed by atoms with E-state index in [1.54, 1.807) is 0 Å². The molecule has 26 heavy (non-hydrogen) atoms. The van der Waals surface area contributed by atoms with Gasteiger partial charge in [-0.25, -0.2) is 0 Å². The predicted molar refractivity (Wildman–Crippen MR) is 116 cm³/mol. The van der Waals surface area contributed by atoms with Crippen LogP contribution in [0.1, 0.15) is 33.4 Å². The molecule has 0 aliphatic rings. The molecule has 0 unspecified atom stereocenters. The SMILES string of the molecule is Cc1ccccc1C#Cc1cc(C#Cc2ccccc2C)c(Br)cc1Br. The Morgan fingerprint density at radius 1 is 0.538 bits per heavy atom. The molecule has 0 aliphatic carbocycles. The number of rotatable bonds is 0. The van der Waals surface area contributed by atoms with Crippen molar-refractivity contribution in [2.75, 3.05) is 0 Å². The highest BCUT2D eigenvalue weighted by atomic mass is 79.9. The summed E-state index contributed by atoms with van der Waals surface area (Å²) < 4.78 is 1.90. The lowest BCUT2D eigenvalue weighted by atomic mass is 10.1. The van der Waals surface area contributed by atoms with E-state index < -0.39 is 0 Å². The predicted octanol–water partition coefficient (Wildman–Crippen LogP) is 6.63. The fourth-order valence-corrected chi connectivity index (χ4v) is 3.63. The zero-order chi connectivity index (χ0) is 18.5. The molecule has 0 saturated carbocycles. The second-order valence-electron chi connectivity index (χ2n) is 5.94. The number of hydrogen-bond acceptors (Lipinski definition) is 0. The summed E-state index contributed by atoms with van der Waals surface area (Å²) in [6.07, 6.45) is 0. The summed E-state index contributed by atoms with van der Waals surface area (Å²) in [6.45, 7) is 4.14. The molecule has 0 fully saturated rings. The third kappa shape index (κ3) is 4.47. The van der Waals surface area contributed by atoms with Gasteiger partial charge in [0.2, 0.25) is 0 Å². The van der Waals surface area contributed by atoms with Crippen LogP contribution in [-0.2, 0) is 0 Å². The highest BCUT2D eigenvalue weighted by molar-refractivity contribution is 9.11. The van der Waals surface area contributed by atoms with Gasteiger partial charge in [0.25, 0.3) is 0 Å². The Hall–Kier alpha value is -2.26. The molecule has 0 spiro atoms. The molecule has 3 rings (SSSR count). The second kappa shape index (κ2) is 8.41. The molecule has 3 aromatic carbocycles. The average molecular weight is 464 g/mol. The molecule has 0 saturated heterocycles. The third-order valence-corrected chi connectivity index (χ3v) is 5.32. The minimum Gasteiger partial charge on any atom is -0.0619 e. The number of halogens is 2. The van der Waals surface area contributed by atoms with E-state index in [1.165, 1.54) is 11.1 Å². The second-order valence-corrected chi connectivity index (χ2v) is 7.65. The van der Waals surface area contributed by atoms with Crippen molar-refractivity contribution >= 4 is 31.9 Å². The minimum absolute atomic E-state index is 0.922. The summed E-state index contributed by atoms with van der Waals surface area (Å²) in [6, 6.07) is 20.3. The van der Waals surface area contributed by atoms with Crippen molar-refractivity contribution in [1.82, 2.24) is 0 Å². The topological polar surface area (TPSA) is 0 Å². The molecular formula is C24H16Br2. The Morgan fingerprint density at radius 3 is 1.35 bits per heavy atom. The molecule has 0 N–H and O–H groups in total. The quantitative estimate of drug-likeness (QED) is 0.328. The van der Waals surface area contributed by atoms with Gasteiger partial charge in [0.1, 0.15) is 0 Å². The lowest BCUT2D eigenvalue weighted by Crippen LogP contribution is -1.86. The Balaban J connectivity index is 1.99. The summed E-state index contributed by atoms with van der Waals surface area (Å²) in [5, 5.41) is 0. The van der Waals surface area contributed by atoms with Crippen LogP contribution in [0, 0.1) is 37.5 Å². The van der Waals surface area contributed by atoms with Crippen LogP contribution in [0.5, 0.6) is 0 Å². The molecule has 0 aliphatic heterocycles. The Bertz CT molecular complexity index is 1000. The van der Waals surface area contributed by atoms with E-state index >= 15 is 0 Å². The van der Waals surface area contributed by atoms with Crippen molar-refractivity contribution in [3.05, 3.63) is 103 Å². The first kappa shape index (κ1) is 18.5. The minimum atomic E-state index is 0.922. The van der Waals surface area contributed by atoms with Crippen LogP contribution in [0.2, 0.25) is 0 Å². The average Bonchev–Trinajstić information content (AvgIpc) is 2.62. The Morgan fingerprint density at radius 2 is 0.923 bits per heavy atom. The molecule has 2 heteroatoms. The van der Waals surface area contributed by atoms with Gasteiger partial charge >= 0.3 is 0 Å². The zero-order valence-electron chi connectivity index (χ0n) is 14.5. The maximum Gasteiger partial charge on any atom is 0.0404 e. The van der Waals surface area contributed by atoms with E-state index in [0.717, 1.165) is 31.2 Å². The van der Waals surface area contributed by atoms with Crippen molar-refractivity contribution in [3.63, 3.8) is 0 Å². The van der Waals surface area contributed by atoms with Crippen molar-refractivity contribution < 1.29 is 0 Å². The van der Waals surface area contributed by atoms with Crippen LogP contribution in [-0.4, -0.2) is 0 Å². The molecule has 3 aromatic rings. The van der Waals surface area contributed by atoms with Crippen molar-refractivity contribution in [2.24, 2.45) is 0 Å². The number of benzene rings is 3. The van der Waals surface area contributed by atoms with E-state index in [9.17, 15) is 0 Å². The molecule has 0 amide bonds. The van der Waals surface area contributed by atoms with E-state index in [2.05, 4.69) is 81.5 Å². The molecule has 0 radical (unpaired) electrons. The normalized spacial score (nSPS) is 9.69. The highest BCUT2D eigenvalue weighted by Crippen LogP contribution is 2.25. The lowest BCUT2D eigenvalue weighted by Gasteiger charge is -2.02. The standard InChI is InChI=1S/C24H16Br2/c1-17-7-3-5-9-19(17)11-13-21-15-22(24(26)16-23(21)25)14-12-20-10-6-4-8-18(20)2/h3-10,15-16H,1-2H3. The van der Waals surface area contributed by atoms with E-state index in [-0.39, 0.29) is 0 Å². The summed E-state index contributed by atoms with van der Waals surface area (Å²) in [5.74, 6) is 13.0. The van der Waals surface area contributed by atoms with Gasteiger partial charge in [0.05, 0.1) is 0 Å². The number of aryl methyl sites for hydroxylation is 2.